The van der Waals surface area contributed by atoms with Crippen LogP contribution in [0.4, 0.5) is 5.69 Å². The highest BCUT2D eigenvalue weighted by molar-refractivity contribution is 7.92. The normalized spacial score (nSPS) is 11.2. The van der Waals surface area contributed by atoms with E-state index in [-0.39, 0.29) is 17.5 Å². The van der Waals surface area contributed by atoms with Crippen molar-refractivity contribution in [1.29, 1.82) is 0 Å². The van der Waals surface area contributed by atoms with Crippen molar-refractivity contribution in [3.8, 4) is 11.5 Å². The second-order valence-corrected chi connectivity index (χ2v) is 6.75. The Balaban J connectivity index is 3.21. The fourth-order valence-corrected chi connectivity index (χ4v) is 2.64. The molecule has 7 nitrogen and oxygen atoms in total. The molecule has 0 heterocycles. The number of benzene rings is 1. The third kappa shape index (κ3) is 4.80. The van der Waals surface area contributed by atoms with Crippen LogP contribution in [0.25, 0.3) is 0 Å². The SMILES string of the molecule is COc1ccc(N(CC(=O)OC(C)C)S(C)(=O)=O)c(OC)c1. The molecule has 22 heavy (non-hydrogen) atoms. The Bertz CT molecular complexity index is 626. The van der Waals surface area contributed by atoms with Crippen LogP contribution < -0.4 is 13.8 Å². The summed E-state index contributed by atoms with van der Waals surface area (Å²) in [5, 5.41) is 0. The van der Waals surface area contributed by atoms with E-state index in [1.165, 1.54) is 20.3 Å². The minimum absolute atomic E-state index is 0.242. The number of sulfonamides is 1. The van der Waals surface area contributed by atoms with Crippen molar-refractivity contribution in [1.82, 2.24) is 0 Å². The minimum Gasteiger partial charge on any atom is -0.497 e. The van der Waals surface area contributed by atoms with Crippen LogP contribution in [0, 0.1) is 0 Å². The van der Waals surface area contributed by atoms with E-state index in [2.05, 4.69) is 0 Å². The largest absolute Gasteiger partial charge is 0.497 e. The summed E-state index contributed by atoms with van der Waals surface area (Å²) < 4.78 is 40.2. The lowest BCUT2D eigenvalue weighted by Gasteiger charge is -2.24. The molecule has 0 bridgehead atoms. The predicted molar refractivity (Wildman–Crippen MR) is 83.0 cm³/mol. The maximum absolute atomic E-state index is 12.0. The van der Waals surface area contributed by atoms with Gasteiger partial charge < -0.3 is 14.2 Å². The molecule has 0 saturated carbocycles. The third-order valence-corrected chi connectivity index (χ3v) is 3.82. The van der Waals surface area contributed by atoms with Crippen LogP contribution >= 0.6 is 0 Å². The zero-order valence-electron chi connectivity index (χ0n) is 13.3. The molecule has 0 aliphatic carbocycles. The fourth-order valence-electron chi connectivity index (χ4n) is 1.79. The quantitative estimate of drug-likeness (QED) is 0.703. The maximum atomic E-state index is 12.0. The van der Waals surface area contributed by atoms with E-state index in [9.17, 15) is 13.2 Å². The Kier molecular flexibility index (Phi) is 6.04. The van der Waals surface area contributed by atoms with Gasteiger partial charge in [-0.15, -0.1) is 0 Å². The Morgan fingerprint density at radius 2 is 1.86 bits per heavy atom. The van der Waals surface area contributed by atoms with Crippen molar-refractivity contribution in [3.05, 3.63) is 18.2 Å². The topological polar surface area (TPSA) is 82.1 Å². The van der Waals surface area contributed by atoms with Crippen LogP contribution in [0.5, 0.6) is 11.5 Å². The average molecular weight is 331 g/mol. The minimum atomic E-state index is -3.69. The number of hydrogen-bond acceptors (Lipinski definition) is 6. The molecule has 0 spiro atoms. The predicted octanol–water partition coefficient (Wildman–Crippen LogP) is 1.42. The Hall–Kier alpha value is -1.96. The second-order valence-electron chi connectivity index (χ2n) is 4.85. The van der Waals surface area contributed by atoms with Crippen molar-refractivity contribution in [2.45, 2.75) is 20.0 Å². The third-order valence-electron chi connectivity index (χ3n) is 2.70. The van der Waals surface area contributed by atoms with E-state index in [4.69, 9.17) is 14.2 Å². The van der Waals surface area contributed by atoms with Gasteiger partial charge >= 0.3 is 5.97 Å². The summed E-state index contributed by atoms with van der Waals surface area (Å²) in [7, 11) is -0.793. The molecular weight excluding hydrogens is 310 g/mol. The number of rotatable bonds is 7. The van der Waals surface area contributed by atoms with Crippen LogP contribution in [-0.2, 0) is 19.6 Å². The highest BCUT2D eigenvalue weighted by atomic mass is 32.2. The van der Waals surface area contributed by atoms with Gasteiger partial charge in [0.2, 0.25) is 10.0 Å². The van der Waals surface area contributed by atoms with E-state index in [0.717, 1.165) is 10.6 Å². The van der Waals surface area contributed by atoms with Gasteiger partial charge in [0.25, 0.3) is 0 Å². The summed E-state index contributed by atoms with van der Waals surface area (Å²) in [5.41, 5.74) is 0.242. The highest BCUT2D eigenvalue weighted by Crippen LogP contribution is 2.33. The number of methoxy groups -OCH3 is 2. The van der Waals surface area contributed by atoms with Crippen LogP contribution in [-0.4, -0.2) is 47.5 Å². The monoisotopic (exact) mass is 331 g/mol. The highest BCUT2D eigenvalue weighted by Gasteiger charge is 2.25. The summed E-state index contributed by atoms with van der Waals surface area (Å²) in [6.45, 7) is 2.95. The molecule has 0 aromatic heterocycles. The first kappa shape index (κ1) is 18.1. The number of nitrogens with zero attached hydrogens (tertiary/aromatic N) is 1. The molecule has 0 saturated heterocycles. The van der Waals surface area contributed by atoms with Crippen molar-refractivity contribution in [2.24, 2.45) is 0 Å². The molecule has 0 amide bonds. The van der Waals surface area contributed by atoms with E-state index >= 15 is 0 Å². The first-order chi connectivity index (χ1) is 10.2. The molecule has 1 rings (SSSR count). The molecule has 8 heteroatoms. The van der Waals surface area contributed by atoms with Crippen LogP contribution in [0.15, 0.2) is 18.2 Å². The van der Waals surface area contributed by atoms with Gasteiger partial charge in [-0.05, 0) is 26.0 Å². The summed E-state index contributed by atoms with van der Waals surface area (Å²) in [6, 6.07) is 4.65. The number of ether oxygens (including phenoxy) is 3. The van der Waals surface area contributed by atoms with Crippen LogP contribution in [0.3, 0.4) is 0 Å². The number of carbonyl (C=O) groups excluding carboxylic acids is 1. The van der Waals surface area contributed by atoms with Gasteiger partial charge in [-0.25, -0.2) is 8.42 Å². The lowest BCUT2D eigenvalue weighted by Crippen LogP contribution is -2.36. The van der Waals surface area contributed by atoms with Crippen LogP contribution in [0.2, 0.25) is 0 Å². The molecule has 0 N–H and O–H groups in total. The van der Waals surface area contributed by atoms with Crippen molar-refractivity contribution in [3.63, 3.8) is 0 Å². The average Bonchev–Trinajstić information content (AvgIpc) is 2.42. The lowest BCUT2D eigenvalue weighted by atomic mass is 10.2. The number of esters is 1. The molecule has 0 aliphatic rings. The Labute approximate surface area is 130 Å². The van der Waals surface area contributed by atoms with E-state index in [0.29, 0.717) is 5.75 Å². The molecule has 1 aromatic carbocycles. The van der Waals surface area contributed by atoms with E-state index in [1.807, 2.05) is 0 Å². The van der Waals surface area contributed by atoms with E-state index < -0.39 is 22.5 Å². The summed E-state index contributed by atoms with van der Waals surface area (Å²) >= 11 is 0. The summed E-state index contributed by atoms with van der Waals surface area (Å²) in [6.07, 6.45) is 0.686. The van der Waals surface area contributed by atoms with Gasteiger partial charge in [-0.1, -0.05) is 0 Å². The van der Waals surface area contributed by atoms with Gasteiger partial charge in [-0.2, -0.15) is 0 Å². The van der Waals surface area contributed by atoms with Crippen molar-refractivity contribution >= 4 is 21.7 Å². The van der Waals surface area contributed by atoms with Crippen molar-refractivity contribution < 1.29 is 27.4 Å². The molecule has 0 aliphatic heterocycles. The number of hydrogen-bond donors (Lipinski definition) is 0. The number of anilines is 1. The van der Waals surface area contributed by atoms with Crippen LogP contribution in [0.1, 0.15) is 13.8 Å². The Morgan fingerprint density at radius 1 is 1.23 bits per heavy atom. The first-order valence-electron chi connectivity index (χ1n) is 6.58. The van der Waals surface area contributed by atoms with Gasteiger partial charge in [-0.3, -0.25) is 9.10 Å². The fraction of sp³-hybridized carbons (Fsp3) is 0.500. The summed E-state index contributed by atoms with van der Waals surface area (Å²) in [5.74, 6) is 0.152. The van der Waals surface area contributed by atoms with E-state index in [1.54, 1.807) is 26.0 Å². The van der Waals surface area contributed by atoms with Gasteiger partial charge in [0, 0.05) is 6.07 Å². The smallest absolute Gasteiger partial charge is 0.327 e. The molecule has 0 atom stereocenters. The Morgan fingerprint density at radius 3 is 2.32 bits per heavy atom. The van der Waals surface area contributed by atoms with Gasteiger partial charge in [0.1, 0.15) is 18.0 Å². The molecule has 0 fully saturated rings. The summed E-state index contributed by atoms with van der Waals surface area (Å²) in [4.78, 5) is 11.8. The van der Waals surface area contributed by atoms with Crippen molar-refractivity contribution in [2.75, 3.05) is 31.3 Å². The molecule has 1 aromatic rings. The molecule has 0 radical (unpaired) electrons. The number of carbonyl (C=O) groups is 1. The zero-order chi connectivity index (χ0) is 16.9. The standard InChI is InChI=1S/C14H21NO6S/c1-10(2)21-14(16)9-15(22(5,17)18)12-7-6-11(19-3)8-13(12)20-4/h6-8,10H,9H2,1-5H3. The van der Waals surface area contributed by atoms with Gasteiger partial charge in [0.15, 0.2) is 0 Å². The molecule has 124 valence electrons. The second kappa shape index (κ2) is 7.35. The lowest BCUT2D eigenvalue weighted by molar-refractivity contribution is -0.145. The maximum Gasteiger partial charge on any atom is 0.327 e. The molecule has 0 unspecified atom stereocenters. The molecular formula is C14H21NO6S. The van der Waals surface area contributed by atoms with Gasteiger partial charge in [0.05, 0.1) is 32.3 Å². The zero-order valence-corrected chi connectivity index (χ0v) is 14.1. The first-order valence-corrected chi connectivity index (χ1v) is 8.43.